The molecule has 0 saturated heterocycles. The minimum absolute atomic E-state index is 0.0854. The molecule has 4 rings (SSSR count). The highest BCUT2D eigenvalue weighted by Crippen LogP contribution is 2.34. The first-order valence-electron chi connectivity index (χ1n) is 11.8. The Kier molecular flexibility index (Phi) is 7.01. The van der Waals surface area contributed by atoms with Crippen LogP contribution in [0.1, 0.15) is 49.3 Å². The molecule has 0 saturated carbocycles. The first-order valence-corrected chi connectivity index (χ1v) is 11.8. The van der Waals surface area contributed by atoms with Gasteiger partial charge in [-0.3, -0.25) is 14.4 Å². The van der Waals surface area contributed by atoms with E-state index in [1.807, 2.05) is 26.8 Å². The fourth-order valence-corrected chi connectivity index (χ4v) is 4.49. The Morgan fingerprint density at radius 2 is 1.97 bits per heavy atom. The zero-order valence-electron chi connectivity index (χ0n) is 20.8. The number of ether oxygens (including phenoxy) is 1. The van der Waals surface area contributed by atoms with Gasteiger partial charge in [0.1, 0.15) is 23.4 Å². The first kappa shape index (κ1) is 25.2. The number of aromatic amines is 1. The molecule has 2 heterocycles. The lowest BCUT2D eigenvalue weighted by Crippen LogP contribution is -2.46. The van der Waals surface area contributed by atoms with Gasteiger partial charge in [-0.1, -0.05) is 32.9 Å². The molecule has 2 amide bonds. The lowest BCUT2D eigenvalue weighted by Gasteiger charge is -2.36. The summed E-state index contributed by atoms with van der Waals surface area (Å²) in [5, 5.41) is 4.95. The highest BCUT2D eigenvalue weighted by atomic mass is 19.1. The van der Waals surface area contributed by atoms with Crippen LogP contribution in [0.25, 0.3) is 0 Å². The summed E-state index contributed by atoms with van der Waals surface area (Å²) < 4.78 is 25.1. The number of anilines is 1. The van der Waals surface area contributed by atoms with E-state index in [4.69, 9.17) is 9.26 Å². The van der Waals surface area contributed by atoms with Gasteiger partial charge in [-0.25, -0.2) is 4.39 Å². The fraction of sp³-hybridized carbons (Fsp3) is 0.370. The maximum absolute atomic E-state index is 14.8. The van der Waals surface area contributed by atoms with Crippen LogP contribution in [-0.4, -0.2) is 35.5 Å². The Morgan fingerprint density at radius 1 is 1.19 bits per heavy atom. The predicted molar refractivity (Wildman–Crippen MR) is 132 cm³/mol. The second-order valence-corrected chi connectivity index (χ2v) is 10.2. The number of nitrogens with zero attached hydrogens (tertiary/aromatic N) is 1. The number of nitrogens with one attached hydrogen (secondary N) is 2. The van der Waals surface area contributed by atoms with Crippen molar-refractivity contribution in [2.24, 2.45) is 5.41 Å². The first-order chi connectivity index (χ1) is 17.0. The lowest BCUT2D eigenvalue weighted by molar-refractivity contribution is -0.139. The molecule has 2 N–H and O–H groups in total. The summed E-state index contributed by atoms with van der Waals surface area (Å²) in [6, 6.07) is 10.3. The van der Waals surface area contributed by atoms with E-state index in [0.29, 0.717) is 35.4 Å². The van der Waals surface area contributed by atoms with Crippen LogP contribution < -0.4 is 15.6 Å². The van der Waals surface area contributed by atoms with Gasteiger partial charge in [0, 0.05) is 18.3 Å². The largest absolute Gasteiger partial charge is 0.497 e. The van der Waals surface area contributed by atoms with E-state index in [2.05, 4.69) is 10.5 Å². The van der Waals surface area contributed by atoms with Gasteiger partial charge < -0.3 is 19.5 Å². The number of carbonyl (C=O) groups excluding carboxylic acids is 2. The van der Waals surface area contributed by atoms with E-state index in [1.165, 1.54) is 17.0 Å². The molecule has 2 aromatic carbocycles. The van der Waals surface area contributed by atoms with Crippen LogP contribution in [0.3, 0.4) is 0 Å². The van der Waals surface area contributed by atoms with Crippen LogP contribution in [0.5, 0.6) is 5.75 Å². The summed E-state index contributed by atoms with van der Waals surface area (Å²) >= 11 is 0. The van der Waals surface area contributed by atoms with Crippen molar-refractivity contribution >= 4 is 17.5 Å². The van der Waals surface area contributed by atoms with Crippen molar-refractivity contribution in [3.05, 3.63) is 81.1 Å². The Morgan fingerprint density at radius 3 is 2.61 bits per heavy atom. The van der Waals surface area contributed by atoms with Gasteiger partial charge in [0.15, 0.2) is 0 Å². The zero-order valence-corrected chi connectivity index (χ0v) is 20.8. The Balaban J connectivity index is 1.62. The fourth-order valence-electron chi connectivity index (χ4n) is 4.49. The van der Waals surface area contributed by atoms with Crippen molar-refractivity contribution in [1.29, 1.82) is 0 Å². The molecule has 190 valence electrons. The summed E-state index contributed by atoms with van der Waals surface area (Å²) in [5.74, 6) is -0.398. The van der Waals surface area contributed by atoms with Gasteiger partial charge in [-0.05, 0) is 59.2 Å². The van der Waals surface area contributed by atoms with Gasteiger partial charge in [-0.2, -0.15) is 5.16 Å². The van der Waals surface area contributed by atoms with Crippen molar-refractivity contribution in [3.63, 3.8) is 0 Å². The van der Waals surface area contributed by atoms with Crippen molar-refractivity contribution in [3.8, 4) is 5.75 Å². The van der Waals surface area contributed by atoms with Crippen molar-refractivity contribution in [2.45, 2.75) is 46.1 Å². The normalized spacial score (nSPS) is 15.4. The molecule has 0 aliphatic carbocycles. The molecule has 1 aromatic heterocycles. The summed E-state index contributed by atoms with van der Waals surface area (Å²) in [6.45, 7) is 6.37. The number of halogens is 1. The third-order valence-corrected chi connectivity index (χ3v) is 6.09. The van der Waals surface area contributed by atoms with E-state index < -0.39 is 23.3 Å². The molecule has 0 radical (unpaired) electrons. The summed E-state index contributed by atoms with van der Waals surface area (Å²) in [6.07, 6.45) is 0.905. The maximum Gasteiger partial charge on any atom is 0.280 e. The number of carbonyl (C=O) groups is 2. The third-order valence-electron chi connectivity index (χ3n) is 6.09. The quantitative estimate of drug-likeness (QED) is 0.538. The lowest BCUT2D eigenvalue weighted by atomic mass is 9.88. The summed E-state index contributed by atoms with van der Waals surface area (Å²) in [7, 11) is 1.56. The zero-order chi connectivity index (χ0) is 26.0. The Labute approximate surface area is 208 Å². The highest BCUT2D eigenvalue weighted by Gasteiger charge is 2.36. The second kappa shape index (κ2) is 10.0. The minimum atomic E-state index is -0.949. The Bertz CT molecular complexity index is 1340. The van der Waals surface area contributed by atoms with Crippen LogP contribution in [0.4, 0.5) is 10.1 Å². The molecule has 3 aromatic rings. The number of fused-ring (bicyclic) bond motifs is 1. The minimum Gasteiger partial charge on any atom is -0.497 e. The topological polar surface area (TPSA) is 105 Å². The van der Waals surface area contributed by atoms with Crippen LogP contribution in [0.15, 0.2) is 51.8 Å². The number of rotatable bonds is 6. The van der Waals surface area contributed by atoms with Gasteiger partial charge in [0.2, 0.25) is 5.91 Å². The maximum atomic E-state index is 14.8. The molecular formula is C27H30FN3O5. The van der Waals surface area contributed by atoms with Crippen LogP contribution in [0, 0.1) is 11.2 Å². The van der Waals surface area contributed by atoms with Gasteiger partial charge in [0.25, 0.3) is 11.5 Å². The molecule has 36 heavy (non-hydrogen) atoms. The van der Waals surface area contributed by atoms with Crippen molar-refractivity contribution in [2.75, 3.05) is 19.0 Å². The number of aromatic nitrogens is 1. The average molecular weight is 496 g/mol. The summed E-state index contributed by atoms with van der Waals surface area (Å²) in [5.41, 5.74) is 1.89. The number of H-pyrrole nitrogens is 1. The highest BCUT2D eigenvalue weighted by molar-refractivity contribution is 5.98. The molecule has 9 heteroatoms. The molecule has 1 unspecified atom stereocenters. The molecular weight excluding hydrogens is 465 g/mol. The molecule has 0 spiro atoms. The number of hydrogen-bond donors (Lipinski definition) is 2. The monoisotopic (exact) mass is 495 g/mol. The van der Waals surface area contributed by atoms with Crippen LogP contribution >= 0.6 is 0 Å². The number of hydrogen-bond acceptors (Lipinski definition) is 5. The molecule has 0 bridgehead atoms. The van der Waals surface area contributed by atoms with E-state index in [-0.39, 0.29) is 30.0 Å². The third kappa shape index (κ3) is 5.67. The van der Waals surface area contributed by atoms with E-state index in [0.717, 1.165) is 5.56 Å². The van der Waals surface area contributed by atoms with Crippen LogP contribution in [0.2, 0.25) is 0 Å². The van der Waals surface area contributed by atoms with Crippen LogP contribution in [-0.2, 0) is 28.9 Å². The standard InChI is InChI=1S/C27H30FN3O5/c1-27(2,3)15-17-5-6-18(12-22(17)28)29-26(34)25-21-8-7-19(35-4)11-16(21)9-10-31(25)24(33)14-20-13-23(32)30-36-20/h5-8,11-13,25H,9-10,14-15H2,1-4H3,(H,29,34)(H,30,32). The van der Waals surface area contributed by atoms with Gasteiger partial charge in [-0.15, -0.1) is 0 Å². The molecule has 8 nitrogen and oxygen atoms in total. The molecule has 1 aliphatic rings. The second-order valence-electron chi connectivity index (χ2n) is 10.2. The van der Waals surface area contributed by atoms with Gasteiger partial charge >= 0.3 is 0 Å². The number of benzene rings is 2. The molecule has 1 atom stereocenters. The summed E-state index contributed by atoms with van der Waals surface area (Å²) in [4.78, 5) is 39.6. The SMILES string of the molecule is COc1ccc2c(c1)CCN(C(=O)Cc1cc(=O)[nH]o1)C2C(=O)Nc1ccc(CC(C)(C)C)c(F)c1. The van der Waals surface area contributed by atoms with Crippen molar-refractivity contribution in [1.82, 2.24) is 10.1 Å². The molecule has 0 fully saturated rings. The average Bonchev–Trinajstić information content (AvgIpc) is 3.23. The van der Waals surface area contributed by atoms with E-state index >= 15 is 0 Å². The van der Waals surface area contributed by atoms with Gasteiger partial charge in [0.05, 0.1) is 13.5 Å². The van der Waals surface area contributed by atoms with Crippen molar-refractivity contribution < 1.29 is 23.2 Å². The number of methoxy groups -OCH3 is 1. The predicted octanol–water partition coefficient (Wildman–Crippen LogP) is 4.01. The number of amides is 2. The van der Waals surface area contributed by atoms with E-state index in [1.54, 1.807) is 31.4 Å². The smallest absolute Gasteiger partial charge is 0.280 e. The Hall–Kier alpha value is -3.88. The molecule has 1 aliphatic heterocycles. The van der Waals surface area contributed by atoms with E-state index in [9.17, 15) is 18.8 Å².